The van der Waals surface area contributed by atoms with Crippen molar-refractivity contribution in [2.45, 2.75) is 22.0 Å². The smallest absolute Gasteiger partial charge is 0.352 e. The number of amides is 1. The van der Waals surface area contributed by atoms with Crippen LogP contribution in [0.3, 0.4) is 0 Å². The standard InChI is InChI=1S/C13H14N4O3S3/c14-9-11(18)17-10(13(19)20)7(6-22-12(9)17)3-1-2-4-21-8-5-15-16-23-8/h1,3,5,9,12H,2,4,6,14H2,(H,19,20)/b3-1-/t9-,12-/m1/s1. The minimum Gasteiger partial charge on any atom is -0.477 e. The molecule has 23 heavy (non-hydrogen) atoms. The largest absolute Gasteiger partial charge is 0.477 e. The number of allylic oxidation sites excluding steroid dienone is 2. The molecule has 0 aromatic carbocycles. The first-order valence-corrected chi connectivity index (χ1v) is 9.63. The van der Waals surface area contributed by atoms with Crippen molar-refractivity contribution in [3.05, 3.63) is 29.6 Å². The third-order valence-corrected chi connectivity index (χ3v) is 6.62. The molecule has 3 rings (SSSR count). The fourth-order valence-electron chi connectivity index (χ4n) is 2.34. The number of carboxylic acid groups (broad SMARTS) is 1. The summed E-state index contributed by atoms with van der Waals surface area (Å²) in [5.74, 6) is 0.00462. The predicted molar refractivity (Wildman–Crippen MR) is 90.1 cm³/mol. The summed E-state index contributed by atoms with van der Waals surface area (Å²) in [5.41, 5.74) is 6.43. The molecule has 2 atom stereocenters. The average Bonchev–Trinajstić information content (AvgIpc) is 3.06. The number of hydrogen-bond acceptors (Lipinski definition) is 8. The second kappa shape index (κ2) is 7.04. The van der Waals surface area contributed by atoms with Crippen molar-refractivity contribution < 1.29 is 14.7 Å². The molecule has 3 N–H and O–H groups in total. The normalized spacial score (nSPS) is 24.0. The van der Waals surface area contributed by atoms with Crippen LogP contribution in [0.2, 0.25) is 0 Å². The van der Waals surface area contributed by atoms with Gasteiger partial charge in [-0.25, -0.2) is 4.79 Å². The van der Waals surface area contributed by atoms with E-state index in [-0.39, 0.29) is 17.0 Å². The van der Waals surface area contributed by atoms with Crippen molar-refractivity contribution in [1.82, 2.24) is 14.5 Å². The van der Waals surface area contributed by atoms with Crippen LogP contribution >= 0.6 is 35.1 Å². The number of thioether (sulfide) groups is 2. The van der Waals surface area contributed by atoms with Gasteiger partial charge in [-0.3, -0.25) is 9.69 Å². The van der Waals surface area contributed by atoms with E-state index in [9.17, 15) is 14.7 Å². The van der Waals surface area contributed by atoms with Gasteiger partial charge in [0.15, 0.2) is 0 Å². The van der Waals surface area contributed by atoms with Gasteiger partial charge in [0, 0.05) is 11.5 Å². The highest BCUT2D eigenvalue weighted by molar-refractivity contribution is 8.01. The lowest BCUT2D eigenvalue weighted by molar-refractivity contribution is -0.147. The quantitative estimate of drug-likeness (QED) is 0.436. The van der Waals surface area contributed by atoms with Crippen molar-refractivity contribution in [2.75, 3.05) is 11.5 Å². The van der Waals surface area contributed by atoms with Crippen molar-refractivity contribution in [2.24, 2.45) is 5.73 Å². The van der Waals surface area contributed by atoms with Gasteiger partial charge in [-0.15, -0.1) is 28.6 Å². The SMILES string of the molecule is N[C@@H]1C(=O)N2C(C(=O)O)=C(/C=C\CCSc3cnns3)CS[C@H]12. The van der Waals surface area contributed by atoms with Crippen LogP contribution in [0.5, 0.6) is 0 Å². The maximum atomic E-state index is 11.8. The summed E-state index contributed by atoms with van der Waals surface area (Å²) in [7, 11) is 0. The van der Waals surface area contributed by atoms with Gasteiger partial charge < -0.3 is 10.8 Å². The number of aliphatic carboxylic acids is 1. The fraction of sp³-hybridized carbons (Fsp3) is 0.385. The van der Waals surface area contributed by atoms with Crippen LogP contribution in [-0.2, 0) is 9.59 Å². The molecule has 7 nitrogen and oxygen atoms in total. The summed E-state index contributed by atoms with van der Waals surface area (Å²) in [6.45, 7) is 0. The highest BCUT2D eigenvalue weighted by atomic mass is 32.2. The summed E-state index contributed by atoms with van der Waals surface area (Å²) >= 11 is 4.51. The topological polar surface area (TPSA) is 109 Å². The van der Waals surface area contributed by atoms with Gasteiger partial charge in [-0.1, -0.05) is 16.6 Å². The van der Waals surface area contributed by atoms with E-state index in [1.165, 1.54) is 28.2 Å². The molecular weight excluding hydrogens is 356 g/mol. The van der Waals surface area contributed by atoms with E-state index in [1.807, 2.05) is 6.08 Å². The zero-order valence-corrected chi connectivity index (χ0v) is 14.4. The zero-order chi connectivity index (χ0) is 16.4. The number of carboxylic acids is 1. The maximum absolute atomic E-state index is 11.8. The van der Waals surface area contributed by atoms with Crippen LogP contribution < -0.4 is 5.73 Å². The van der Waals surface area contributed by atoms with Gasteiger partial charge in [-0.05, 0) is 23.5 Å². The van der Waals surface area contributed by atoms with E-state index in [0.717, 1.165) is 16.4 Å². The number of carbonyl (C=O) groups excluding carboxylic acids is 1. The summed E-state index contributed by atoms with van der Waals surface area (Å²) < 4.78 is 4.84. The van der Waals surface area contributed by atoms with E-state index in [0.29, 0.717) is 11.3 Å². The fourth-order valence-corrected chi connectivity index (χ4v) is 5.01. The monoisotopic (exact) mass is 370 g/mol. The maximum Gasteiger partial charge on any atom is 0.352 e. The Balaban J connectivity index is 1.63. The van der Waals surface area contributed by atoms with Crippen molar-refractivity contribution in [1.29, 1.82) is 0 Å². The van der Waals surface area contributed by atoms with Crippen LogP contribution in [-0.4, -0.2) is 54.4 Å². The molecule has 0 spiro atoms. The van der Waals surface area contributed by atoms with E-state index in [1.54, 1.807) is 24.0 Å². The Hall–Kier alpha value is -1.36. The number of hydrogen-bond donors (Lipinski definition) is 2. The molecule has 2 aliphatic heterocycles. The van der Waals surface area contributed by atoms with Gasteiger partial charge in [0.05, 0.1) is 6.20 Å². The van der Waals surface area contributed by atoms with Crippen LogP contribution in [0.25, 0.3) is 0 Å². The van der Waals surface area contributed by atoms with Gasteiger partial charge in [-0.2, -0.15) is 0 Å². The Labute approximate surface area is 145 Å². The lowest BCUT2D eigenvalue weighted by Crippen LogP contribution is -2.68. The molecular formula is C13H14N4O3S3. The van der Waals surface area contributed by atoms with Crippen LogP contribution in [0.4, 0.5) is 0 Å². The minimum atomic E-state index is -1.08. The highest BCUT2D eigenvalue weighted by Crippen LogP contribution is 2.39. The van der Waals surface area contributed by atoms with E-state index < -0.39 is 12.0 Å². The Bertz CT molecular complexity index is 674. The van der Waals surface area contributed by atoms with Crippen molar-refractivity contribution >= 4 is 46.9 Å². The van der Waals surface area contributed by atoms with Gasteiger partial charge in [0.25, 0.3) is 0 Å². The average molecular weight is 370 g/mol. The van der Waals surface area contributed by atoms with E-state index >= 15 is 0 Å². The Morgan fingerprint density at radius 1 is 1.61 bits per heavy atom. The number of aromatic nitrogens is 2. The number of carbonyl (C=O) groups is 2. The molecule has 0 unspecified atom stereocenters. The molecule has 1 aromatic rings. The molecule has 1 saturated heterocycles. The summed E-state index contributed by atoms with van der Waals surface area (Å²) in [6.07, 6.45) is 6.25. The van der Waals surface area contributed by atoms with Crippen LogP contribution in [0.15, 0.2) is 33.8 Å². The first-order valence-electron chi connectivity index (χ1n) is 6.83. The van der Waals surface area contributed by atoms with E-state index in [2.05, 4.69) is 9.59 Å². The number of nitrogens with two attached hydrogens (primary N) is 1. The van der Waals surface area contributed by atoms with Crippen LogP contribution in [0.1, 0.15) is 6.42 Å². The lowest BCUT2D eigenvalue weighted by Gasteiger charge is -2.47. The minimum absolute atomic E-state index is 0.0657. The van der Waals surface area contributed by atoms with Gasteiger partial charge >= 0.3 is 5.97 Å². The molecule has 3 heterocycles. The Morgan fingerprint density at radius 3 is 3.13 bits per heavy atom. The number of nitrogens with zero attached hydrogens (tertiary/aromatic N) is 3. The molecule has 0 bridgehead atoms. The first kappa shape index (κ1) is 16.5. The molecule has 0 aliphatic carbocycles. The molecule has 1 aromatic heterocycles. The number of β-lactam (4-membered cyclic amide) rings is 1. The third kappa shape index (κ3) is 3.30. The predicted octanol–water partition coefficient (Wildman–Crippen LogP) is 1.16. The summed E-state index contributed by atoms with van der Waals surface area (Å²) in [4.78, 5) is 24.6. The Kier molecular flexibility index (Phi) is 5.05. The second-order valence-electron chi connectivity index (χ2n) is 4.89. The molecule has 1 amide bonds. The summed E-state index contributed by atoms with van der Waals surface area (Å²) in [6, 6.07) is -0.593. The molecule has 0 radical (unpaired) electrons. The molecule has 0 saturated carbocycles. The highest BCUT2D eigenvalue weighted by Gasteiger charge is 2.51. The zero-order valence-electron chi connectivity index (χ0n) is 11.9. The number of fused-ring (bicyclic) bond motifs is 1. The summed E-state index contributed by atoms with van der Waals surface area (Å²) in [5, 5.41) is 12.9. The lowest BCUT2D eigenvalue weighted by atomic mass is 10.0. The van der Waals surface area contributed by atoms with Crippen LogP contribution in [0, 0.1) is 0 Å². The molecule has 1 fully saturated rings. The van der Waals surface area contributed by atoms with Crippen molar-refractivity contribution in [3.63, 3.8) is 0 Å². The molecule has 2 aliphatic rings. The van der Waals surface area contributed by atoms with Gasteiger partial charge in [0.2, 0.25) is 5.91 Å². The Morgan fingerprint density at radius 2 is 2.43 bits per heavy atom. The van der Waals surface area contributed by atoms with Crippen molar-refractivity contribution in [3.8, 4) is 0 Å². The molecule has 122 valence electrons. The third-order valence-electron chi connectivity index (χ3n) is 3.43. The molecule has 10 heteroatoms. The first-order chi connectivity index (χ1) is 11.1. The van der Waals surface area contributed by atoms with E-state index in [4.69, 9.17) is 5.73 Å². The number of rotatable bonds is 6. The second-order valence-corrected chi connectivity index (χ2v) is 8.18. The van der Waals surface area contributed by atoms with Gasteiger partial charge in [0.1, 0.15) is 21.3 Å².